The average Bonchev–Trinajstić information content (AvgIpc) is 3.51. The standard InChI is InChI=1S/C22H24F3N5O3/c1-3-32-20-15-6-7-26-19(15)28-21(29-20)27-16-5-4-12(8-17(16)31-2)18(22(23,24)25)30-10-14-9-13(30)11-33-14/h4-8,13-14,18H,3,9-11H2,1-2H3,(H2,26,27,28,29)/t13-,14-,18?/m0/s1. The van der Waals surface area contributed by atoms with Crippen molar-refractivity contribution in [3.63, 3.8) is 0 Å². The van der Waals surface area contributed by atoms with Crippen LogP contribution in [0.5, 0.6) is 11.6 Å². The van der Waals surface area contributed by atoms with Crippen LogP contribution in [-0.2, 0) is 4.74 Å². The van der Waals surface area contributed by atoms with Crippen LogP contribution in [0.25, 0.3) is 11.0 Å². The van der Waals surface area contributed by atoms with Crippen molar-refractivity contribution in [3.8, 4) is 11.6 Å². The van der Waals surface area contributed by atoms with Gasteiger partial charge in [-0.1, -0.05) is 6.07 Å². The topological polar surface area (TPSA) is 84.5 Å². The third-order valence-corrected chi connectivity index (χ3v) is 6.03. The number of aromatic amines is 1. The van der Waals surface area contributed by atoms with E-state index in [0.29, 0.717) is 36.8 Å². The highest BCUT2D eigenvalue weighted by Gasteiger charge is 2.52. The summed E-state index contributed by atoms with van der Waals surface area (Å²) in [5, 5.41) is 3.78. The number of hydrogen-bond acceptors (Lipinski definition) is 7. The molecule has 3 aromatic rings. The van der Waals surface area contributed by atoms with Crippen molar-refractivity contribution in [1.29, 1.82) is 0 Å². The third-order valence-electron chi connectivity index (χ3n) is 6.03. The predicted molar refractivity (Wildman–Crippen MR) is 115 cm³/mol. The Hall–Kier alpha value is -3.05. The van der Waals surface area contributed by atoms with Crippen molar-refractivity contribution in [1.82, 2.24) is 19.9 Å². The number of anilines is 2. The van der Waals surface area contributed by atoms with E-state index in [4.69, 9.17) is 14.2 Å². The quantitative estimate of drug-likeness (QED) is 0.544. The number of nitrogens with zero attached hydrogens (tertiary/aromatic N) is 3. The van der Waals surface area contributed by atoms with Crippen molar-refractivity contribution < 1.29 is 27.4 Å². The number of likely N-dealkylation sites (tertiary alicyclic amines) is 1. The third kappa shape index (κ3) is 4.06. The number of methoxy groups -OCH3 is 1. The zero-order chi connectivity index (χ0) is 23.2. The Morgan fingerprint density at radius 3 is 2.82 bits per heavy atom. The minimum atomic E-state index is -4.43. The molecule has 2 aromatic heterocycles. The Morgan fingerprint density at radius 2 is 2.15 bits per heavy atom. The molecule has 2 aliphatic rings. The van der Waals surface area contributed by atoms with E-state index in [-0.39, 0.29) is 36.0 Å². The molecule has 0 aliphatic carbocycles. The van der Waals surface area contributed by atoms with Gasteiger partial charge in [0.05, 0.1) is 37.5 Å². The zero-order valence-electron chi connectivity index (χ0n) is 18.1. The molecule has 2 bridgehead atoms. The number of nitrogens with one attached hydrogen (secondary N) is 2. The molecule has 0 spiro atoms. The number of rotatable bonds is 7. The number of ether oxygens (including phenoxy) is 3. The molecule has 8 nitrogen and oxygen atoms in total. The first-order chi connectivity index (χ1) is 15.9. The Morgan fingerprint density at radius 1 is 1.30 bits per heavy atom. The van der Waals surface area contributed by atoms with E-state index in [1.807, 2.05) is 13.0 Å². The lowest BCUT2D eigenvalue weighted by Crippen LogP contribution is -2.45. The average molecular weight is 463 g/mol. The Bertz CT molecular complexity index is 1150. The van der Waals surface area contributed by atoms with Gasteiger partial charge in [-0.2, -0.15) is 23.1 Å². The number of halogens is 3. The van der Waals surface area contributed by atoms with Crippen LogP contribution in [0, 0.1) is 0 Å². The number of morpholine rings is 1. The van der Waals surface area contributed by atoms with Crippen LogP contribution in [0.15, 0.2) is 30.5 Å². The molecule has 4 heterocycles. The van der Waals surface area contributed by atoms with Crippen LogP contribution < -0.4 is 14.8 Å². The number of hydrogen-bond donors (Lipinski definition) is 2. The molecule has 1 unspecified atom stereocenters. The highest BCUT2D eigenvalue weighted by atomic mass is 19.4. The summed E-state index contributed by atoms with van der Waals surface area (Å²) in [5.41, 5.74) is 1.14. The molecular formula is C22H24F3N5O3. The minimum Gasteiger partial charge on any atom is -0.495 e. The van der Waals surface area contributed by atoms with Crippen LogP contribution in [-0.4, -0.2) is 65.0 Å². The van der Waals surface area contributed by atoms with Crippen molar-refractivity contribution in [2.24, 2.45) is 0 Å². The molecule has 176 valence electrons. The maximum atomic E-state index is 14.1. The number of aromatic nitrogens is 3. The Balaban J connectivity index is 1.46. The zero-order valence-corrected chi connectivity index (χ0v) is 18.1. The normalized spacial score (nSPS) is 21.5. The van der Waals surface area contributed by atoms with Crippen LogP contribution in [0.4, 0.5) is 24.8 Å². The first kappa shape index (κ1) is 21.8. The SMILES string of the molecule is CCOc1nc(Nc2ccc(C(N3C[C@@H]4C[C@H]3CO4)C(F)(F)F)cc2OC)nc2[nH]ccc12. The van der Waals surface area contributed by atoms with Gasteiger partial charge in [-0.3, -0.25) is 4.90 Å². The van der Waals surface area contributed by atoms with Gasteiger partial charge in [-0.15, -0.1) is 0 Å². The highest BCUT2D eigenvalue weighted by Crippen LogP contribution is 2.45. The summed E-state index contributed by atoms with van der Waals surface area (Å²) in [6.07, 6.45) is -2.21. The molecular weight excluding hydrogens is 439 g/mol. The number of benzene rings is 1. The molecule has 3 atom stereocenters. The van der Waals surface area contributed by atoms with E-state index in [1.54, 1.807) is 12.3 Å². The summed E-state index contributed by atoms with van der Waals surface area (Å²) in [5.74, 6) is 0.904. The van der Waals surface area contributed by atoms with Crippen molar-refractivity contribution in [2.45, 2.75) is 37.7 Å². The number of H-pyrrole nitrogens is 1. The summed E-state index contributed by atoms with van der Waals surface area (Å²) in [6.45, 7) is 2.87. The van der Waals surface area contributed by atoms with Crippen molar-refractivity contribution in [2.75, 3.05) is 32.2 Å². The minimum absolute atomic E-state index is 0.119. The van der Waals surface area contributed by atoms with E-state index in [2.05, 4.69) is 20.3 Å². The van der Waals surface area contributed by atoms with Gasteiger partial charge in [0.2, 0.25) is 11.8 Å². The molecule has 2 aliphatic heterocycles. The van der Waals surface area contributed by atoms with E-state index in [0.717, 1.165) is 5.39 Å². The molecule has 2 saturated heterocycles. The van der Waals surface area contributed by atoms with Gasteiger partial charge < -0.3 is 24.5 Å². The molecule has 1 aromatic carbocycles. The maximum Gasteiger partial charge on any atom is 0.408 e. The summed E-state index contributed by atoms with van der Waals surface area (Å²) < 4.78 is 58.9. The maximum absolute atomic E-state index is 14.1. The summed E-state index contributed by atoms with van der Waals surface area (Å²) >= 11 is 0. The lowest BCUT2D eigenvalue weighted by molar-refractivity contribution is -0.196. The van der Waals surface area contributed by atoms with E-state index in [9.17, 15) is 13.2 Å². The molecule has 0 amide bonds. The van der Waals surface area contributed by atoms with Crippen LogP contribution in [0.2, 0.25) is 0 Å². The van der Waals surface area contributed by atoms with E-state index >= 15 is 0 Å². The van der Waals surface area contributed by atoms with Gasteiger partial charge in [-0.05, 0) is 37.1 Å². The molecule has 0 radical (unpaired) electrons. The molecule has 11 heteroatoms. The second-order valence-electron chi connectivity index (χ2n) is 8.10. The van der Waals surface area contributed by atoms with E-state index in [1.165, 1.54) is 24.1 Å². The van der Waals surface area contributed by atoms with E-state index < -0.39 is 12.2 Å². The Labute approximate surface area is 188 Å². The predicted octanol–water partition coefficient (Wildman–Crippen LogP) is 4.19. The smallest absolute Gasteiger partial charge is 0.408 e. The molecule has 0 saturated carbocycles. The first-order valence-electron chi connectivity index (χ1n) is 10.7. The number of alkyl halides is 3. The van der Waals surface area contributed by atoms with Gasteiger partial charge in [-0.25, -0.2) is 0 Å². The van der Waals surface area contributed by atoms with Gasteiger partial charge in [0.15, 0.2) is 0 Å². The summed E-state index contributed by atoms with van der Waals surface area (Å²) in [4.78, 5) is 13.3. The van der Waals surface area contributed by atoms with Crippen LogP contribution >= 0.6 is 0 Å². The lowest BCUT2D eigenvalue weighted by Gasteiger charge is -2.36. The summed E-state index contributed by atoms with van der Waals surface area (Å²) in [7, 11) is 1.42. The van der Waals surface area contributed by atoms with Crippen LogP contribution in [0.3, 0.4) is 0 Å². The molecule has 2 N–H and O–H groups in total. The van der Waals surface area contributed by atoms with Gasteiger partial charge >= 0.3 is 6.18 Å². The Kier molecular flexibility index (Phi) is 5.53. The van der Waals surface area contributed by atoms with Gasteiger partial charge in [0.1, 0.15) is 17.4 Å². The monoisotopic (exact) mass is 463 g/mol. The summed E-state index contributed by atoms with van der Waals surface area (Å²) in [6, 6.07) is 4.29. The largest absolute Gasteiger partial charge is 0.495 e. The van der Waals surface area contributed by atoms with Gasteiger partial charge in [0, 0.05) is 18.8 Å². The van der Waals surface area contributed by atoms with Gasteiger partial charge in [0.25, 0.3) is 0 Å². The fraction of sp³-hybridized carbons (Fsp3) is 0.455. The van der Waals surface area contributed by atoms with Crippen molar-refractivity contribution in [3.05, 3.63) is 36.0 Å². The van der Waals surface area contributed by atoms with Crippen LogP contribution in [0.1, 0.15) is 24.9 Å². The molecule has 5 rings (SSSR count). The molecule has 33 heavy (non-hydrogen) atoms. The second-order valence-corrected chi connectivity index (χ2v) is 8.10. The lowest BCUT2D eigenvalue weighted by atomic mass is 10.0. The molecule has 2 fully saturated rings. The fourth-order valence-electron chi connectivity index (χ4n) is 4.63. The van der Waals surface area contributed by atoms with Crippen molar-refractivity contribution >= 4 is 22.7 Å². The first-order valence-corrected chi connectivity index (χ1v) is 10.7. The second kappa shape index (κ2) is 8.38. The highest BCUT2D eigenvalue weighted by molar-refractivity contribution is 5.82. The fourth-order valence-corrected chi connectivity index (χ4v) is 4.63. The number of fused-ring (bicyclic) bond motifs is 3.